The van der Waals surface area contributed by atoms with Crippen LogP contribution in [0.4, 0.5) is 10.1 Å². The second kappa shape index (κ2) is 7.48. The molecule has 0 radical (unpaired) electrons. The predicted octanol–water partition coefficient (Wildman–Crippen LogP) is 4.46. The highest BCUT2D eigenvalue weighted by molar-refractivity contribution is 6.30. The van der Waals surface area contributed by atoms with Crippen molar-refractivity contribution in [2.24, 2.45) is 0 Å². The van der Waals surface area contributed by atoms with E-state index in [2.05, 4.69) is 20.9 Å². The van der Waals surface area contributed by atoms with Crippen LogP contribution in [0.25, 0.3) is 11.5 Å². The summed E-state index contributed by atoms with van der Waals surface area (Å²) in [6.07, 6.45) is 1.66. The Balaban J connectivity index is 1.36. The van der Waals surface area contributed by atoms with Gasteiger partial charge in [0.2, 0.25) is 5.89 Å². The lowest BCUT2D eigenvalue weighted by Crippen LogP contribution is -2.46. The zero-order valence-electron chi connectivity index (χ0n) is 14.2. The highest BCUT2D eigenvalue weighted by atomic mass is 35.5. The van der Waals surface area contributed by atoms with Crippen molar-refractivity contribution in [2.45, 2.75) is 6.54 Å². The Morgan fingerprint density at radius 1 is 1.04 bits per heavy atom. The molecule has 0 N–H and O–H groups in total. The number of oxazole rings is 1. The van der Waals surface area contributed by atoms with Gasteiger partial charge in [0, 0.05) is 49.0 Å². The van der Waals surface area contributed by atoms with E-state index in [-0.39, 0.29) is 5.82 Å². The topological polar surface area (TPSA) is 32.5 Å². The van der Waals surface area contributed by atoms with Gasteiger partial charge in [-0.2, -0.15) is 0 Å². The molecule has 6 heteroatoms. The molecule has 1 aliphatic rings. The van der Waals surface area contributed by atoms with Crippen LogP contribution in [0, 0.1) is 5.82 Å². The predicted molar refractivity (Wildman–Crippen MR) is 101 cm³/mol. The van der Waals surface area contributed by atoms with Crippen LogP contribution in [0.15, 0.2) is 59.2 Å². The third-order valence-electron chi connectivity index (χ3n) is 4.55. The van der Waals surface area contributed by atoms with E-state index < -0.39 is 0 Å². The van der Waals surface area contributed by atoms with E-state index in [4.69, 9.17) is 16.0 Å². The Bertz CT molecular complexity index is 890. The Morgan fingerprint density at radius 3 is 2.62 bits per heavy atom. The number of hydrogen-bond donors (Lipinski definition) is 0. The molecule has 26 heavy (non-hydrogen) atoms. The van der Waals surface area contributed by atoms with Gasteiger partial charge in [0.05, 0.1) is 5.69 Å². The second-order valence-corrected chi connectivity index (χ2v) is 6.83. The Morgan fingerprint density at radius 2 is 1.85 bits per heavy atom. The minimum atomic E-state index is -0.292. The maximum atomic E-state index is 13.3. The van der Waals surface area contributed by atoms with Crippen LogP contribution in [-0.2, 0) is 6.54 Å². The molecule has 0 spiro atoms. The van der Waals surface area contributed by atoms with Crippen LogP contribution < -0.4 is 4.90 Å². The van der Waals surface area contributed by atoms with Gasteiger partial charge in [-0.1, -0.05) is 23.7 Å². The third kappa shape index (κ3) is 3.89. The molecule has 2 heterocycles. The summed E-state index contributed by atoms with van der Waals surface area (Å²) in [5.74, 6) is 0.163. The van der Waals surface area contributed by atoms with Gasteiger partial charge >= 0.3 is 0 Å². The van der Waals surface area contributed by atoms with E-state index in [1.165, 1.54) is 12.1 Å². The van der Waals surface area contributed by atoms with Crippen LogP contribution >= 0.6 is 11.6 Å². The van der Waals surface area contributed by atoms with Crippen molar-refractivity contribution >= 4 is 17.3 Å². The van der Waals surface area contributed by atoms with Crippen molar-refractivity contribution in [1.82, 2.24) is 9.88 Å². The van der Waals surface area contributed by atoms with Crippen LogP contribution in [0.5, 0.6) is 0 Å². The van der Waals surface area contributed by atoms with Gasteiger partial charge in [0.15, 0.2) is 0 Å². The highest BCUT2D eigenvalue weighted by Crippen LogP contribution is 2.22. The summed E-state index contributed by atoms with van der Waals surface area (Å²) in [5.41, 5.74) is 2.68. The van der Waals surface area contributed by atoms with Gasteiger partial charge in [0.1, 0.15) is 12.1 Å². The lowest BCUT2D eigenvalue weighted by Gasteiger charge is -2.35. The molecule has 1 saturated heterocycles. The highest BCUT2D eigenvalue weighted by Gasteiger charge is 2.19. The zero-order valence-corrected chi connectivity index (χ0v) is 15.0. The molecule has 0 aliphatic carbocycles. The number of piperazine rings is 1. The van der Waals surface area contributed by atoms with Gasteiger partial charge in [0.25, 0.3) is 0 Å². The summed E-state index contributed by atoms with van der Waals surface area (Å²) in [6.45, 7) is 4.48. The van der Waals surface area contributed by atoms with E-state index >= 15 is 0 Å². The Kier molecular flexibility index (Phi) is 4.91. The number of anilines is 1. The molecule has 0 atom stereocenters. The fourth-order valence-electron chi connectivity index (χ4n) is 3.20. The van der Waals surface area contributed by atoms with Gasteiger partial charge in [-0.25, -0.2) is 9.37 Å². The number of nitrogens with zero attached hydrogens (tertiary/aromatic N) is 3. The number of halogens is 2. The van der Waals surface area contributed by atoms with Gasteiger partial charge in [-0.05, 0) is 36.4 Å². The molecule has 1 fully saturated rings. The van der Waals surface area contributed by atoms with Crippen LogP contribution in [-0.4, -0.2) is 36.1 Å². The Hall–Kier alpha value is -2.37. The van der Waals surface area contributed by atoms with Crippen LogP contribution in [0.3, 0.4) is 0 Å². The molecular weight excluding hydrogens is 353 g/mol. The van der Waals surface area contributed by atoms with E-state index in [9.17, 15) is 4.39 Å². The summed E-state index contributed by atoms with van der Waals surface area (Å²) >= 11 is 6.08. The minimum Gasteiger partial charge on any atom is -0.444 e. The van der Waals surface area contributed by atoms with Gasteiger partial charge in [-0.3, -0.25) is 4.90 Å². The average molecular weight is 372 g/mol. The molecule has 0 unspecified atom stereocenters. The second-order valence-electron chi connectivity index (χ2n) is 6.40. The fourth-order valence-corrected chi connectivity index (χ4v) is 3.38. The number of benzene rings is 2. The summed E-state index contributed by atoms with van der Waals surface area (Å²) in [7, 11) is 0. The van der Waals surface area contributed by atoms with Crippen molar-refractivity contribution in [1.29, 1.82) is 0 Å². The normalized spacial score (nSPS) is 15.4. The van der Waals surface area contributed by atoms with Crippen molar-refractivity contribution in [3.63, 3.8) is 0 Å². The van der Waals surface area contributed by atoms with Crippen LogP contribution in [0.1, 0.15) is 5.69 Å². The summed E-state index contributed by atoms with van der Waals surface area (Å²) in [6, 6.07) is 14.2. The molecular formula is C20H19ClFN3O. The Labute approximate surface area is 156 Å². The van der Waals surface area contributed by atoms with Crippen molar-refractivity contribution in [3.05, 3.63) is 71.3 Å². The molecule has 0 bridgehead atoms. The van der Waals surface area contributed by atoms with Gasteiger partial charge in [-0.15, -0.1) is 0 Å². The summed E-state index contributed by atoms with van der Waals surface area (Å²) < 4.78 is 18.9. The first kappa shape index (κ1) is 17.1. The summed E-state index contributed by atoms with van der Waals surface area (Å²) in [4.78, 5) is 9.18. The van der Waals surface area contributed by atoms with E-state index in [0.717, 1.165) is 49.1 Å². The first-order valence-corrected chi connectivity index (χ1v) is 8.98. The number of rotatable bonds is 4. The van der Waals surface area contributed by atoms with E-state index in [1.807, 2.05) is 18.2 Å². The average Bonchev–Trinajstić information content (AvgIpc) is 3.11. The maximum Gasteiger partial charge on any atom is 0.226 e. The van der Waals surface area contributed by atoms with Gasteiger partial charge < -0.3 is 9.32 Å². The molecule has 1 aromatic heterocycles. The molecule has 0 saturated carbocycles. The zero-order chi connectivity index (χ0) is 17.9. The third-order valence-corrected chi connectivity index (χ3v) is 4.79. The molecule has 1 aliphatic heterocycles. The SMILES string of the molecule is Fc1cccc(-c2nc(CN3CCN(c4cccc(Cl)c4)CC3)co2)c1. The maximum absolute atomic E-state index is 13.3. The monoisotopic (exact) mass is 371 g/mol. The molecule has 134 valence electrons. The lowest BCUT2D eigenvalue weighted by atomic mass is 10.2. The summed E-state index contributed by atoms with van der Waals surface area (Å²) in [5, 5.41) is 0.761. The van der Waals surface area contributed by atoms with Crippen LogP contribution in [0.2, 0.25) is 5.02 Å². The standard InChI is InChI=1S/C20H19ClFN3O/c21-16-4-2-6-19(12-16)25-9-7-24(8-10-25)13-18-14-26-20(23-18)15-3-1-5-17(22)11-15/h1-6,11-12,14H,7-10,13H2. The van der Waals surface area contributed by atoms with Crippen molar-refractivity contribution < 1.29 is 8.81 Å². The molecule has 4 nitrogen and oxygen atoms in total. The smallest absolute Gasteiger partial charge is 0.226 e. The number of aromatic nitrogens is 1. The lowest BCUT2D eigenvalue weighted by molar-refractivity contribution is 0.247. The fraction of sp³-hybridized carbons (Fsp3) is 0.250. The first-order valence-electron chi connectivity index (χ1n) is 8.60. The van der Waals surface area contributed by atoms with Crippen molar-refractivity contribution in [2.75, 3.05) is 31.1 Å². The van der Waals surface area contributed by atoms with E-state index in [1.54, 1.807) is 18.4 Å². The van der Waals surface area contributed by atoms with Crippen molar-refractivity contribution in [3.8, 4) is 11.5 Å². The molecule has 0 amide bonds. The minimum absolute atomic E-state index is 0.292. The molecule has 4 rings (SSSR count). The number of hydrogen-bond acceptors (Lipinski definition) is 4. The largest absolute Gasteiger partial charge is 0.444 e. The molecule has 3 aromatic rings. The molecule has 2 aromatic carbocycles. The quantitative estimate of drug-likeness (QED) is 0.678. The first-order chi connectivity index (χ1) is 12.7. The van der Waals surface area contributed by atoms with E-state index in [0.29, 0.717) is 11.5 Å².